The highest BCUT2D eigenvalue weighted by atomic mass is 35.5. The van der Waals surface area contributed by atoms with Crippen LogP contribution in [0.5, 0.6) is 0 Å². The number of carboxylic acids is 1. The summed E-state index contributed by atoms with van der Waals surface area (Å²) in [5.74, 6) is -2.95. The number of halogens is 4. The second-order valence-corrected chi connectivity index (χ2v) is 11.2. The van der Waals surface area contributed by atoms with E-state index in [1.54, 1.807) is 29.4 Å². The van der Waals surface area contributed by atoms with E-state index in [9.17, 15) is 26.4 Å². The second kappa shape index (κ2) is 14.4. The van der Waals surface area contributed by atoms with E-state index in [4.69, 9.17) is 26.2 Å². The summed E-state index contributed by atoms with van der Waals surface area (Å²) in [6.45, 7) is 1.86. The molecule has 0 aliphatic carbocycles. The number of sulfonamides is 1. The number of nitrogens with one attached hydrogen (secondary N) is 1. The van der Waals surface area contributed by atoms with Crippen LogP contribution < -0.4 is 5.32 Å². The number of anilines is 1. The zero-order valence-electron chi connectivity index (χ0n) is 20.1. The number of aliphatic carboxylic acids is 1. The molecule has 210 valence electrons. The molecule has 1 atom stereocenters. The molecule has 2 N–H and O–H groups in total. The Kier molecular flexibility index (Phi) is 12.0. The van der Waals surface area contributed by atoms with Crippen LogP contribution in [0.3, 0.4) is 0 Å². The van der Waals surface area contributed by atoms with Crippen molar-refractivity contribution in [3.8, 4) is 0 Å². The van der Waals surface area contributed by atoms with Gasteiger partial charge in [0, 0.05) is 61.7 Å². The molecule has 0 spiro atoms. The van der Waals surface area contributed by atoms with Crippen LogP contribution in [0.2, 0.25) is 4.34 Å². The van der Waals surface area contributed by atoms with Gasteiger partial charge >= 0.3 is 12.1 Å². The maximum Gasteiger partial charge on any atom is 0.490 e. The van der Waals surface area contributed by atoms with Crippen molar-refractivity contribution in [1.82, 2.24) is 14.2 Å². The molecule has 1 amide bonds. The Morgan fingerprint density at radius 1 is 1.34 bits per heavy atom. The first-order valence-electron chi connectivity index (χ1n) is 11.0. The van der Waals surface area contributed by atoms with Crippen LogP contribution in [0.15, 0.2) is 42.1 Å². The molecule has 1 unspecified atom stereocenters. The topological polar surface area (TPSA) is 129 Å². The largest absolute Gasteiger partial charge is 0.490 e. The Hall–Kier alpha value is -2.72. The SMILES string of the molecule is COCCN(C1CCN(CCNc2ccncc2)C1=O)S(=O)(=O)/C=C/c1ccc(Cl)s1.O=C(O)C(F)(F)F. The van der Waals surface area contributed by atoms with Crippen molar-refractivity contribution in [2.24, 2.45) is 0 Å². The summed E-state index contributed by atoms with van der Waals surface area (Å²) in [5.41, 5.74) is 0.918. The first-order valence-corrected chi connectivity index (χ1v) is 13.7. The normalized spacial score (nSPS) is 16.1. The first kappa shape index (κ1) is 31.5. The molecule has 10 nitrogen and oxygen atoms in total. The lowest BCUT2D eigenvalue weighted by atomic mass is 10.2. The van der Waals surface area contributed by atoms with Gasteiger partial charge < -0.3 is 20.1 Å². The molecule has 3 rings (SSSR count). The van der Waals surface area contributed by atoms with Crippen molar-refractivity contribution in [2.75, 3.05) is 45.2 Å². The number of hydrogen-bond donors (Lipinski definition) is 2. The molecule has 16 heteroatoms. The third-order valence-electron chi connectivity index (χ3n) is 5.09. The van der Waals surface area contributed by atoms with Crippen LogP contribution in [-0.2, 0) is 24.3 Å². The van der Waals surface area contributed by atoms with E-state index in [0.29, 0.717) is 30.4 Å². The maximum atomic E-state index is 13.0. The molecule has 0 bridgehead atoms. The number of likely N-dealkylation sites (tertiary alicyclic amines) is 1. The molecule has 2 aromatic heterocycles. The number of pyridine rings is 1. The molecule has 1 saturated heterocycles. The Labute approximate surface area is 226 Å². The van der Waals surface area contributed by atoms with E-state index in [-0.39, 0.29) is 19.1 Å². The lowest BCUT2D eigenvalue weighted by molar-refractivity contribution is -0.192. The molecular formula is C22H26ClF3N4O6S2. The zero-order chi connectivity index (χ0) is 28.3. The molecule has 38 heavy (non-hydrogen) atoms. The number of amides is 1. The number of hydrogen-bond acceptors (Lipinski definition) is 8. The Bertz CT molecular complexity index is 1200. The lowest BCUT2D eigenvalue weighted by Gasteiger charge is -2.26. The number of carboxylic acid groups (broad SMARTS) is 1. The quantitative estimate of drug-likeness (QED) is 0.403. The van der Waals surface area contributed by atoms with Gasteiger partial charge in [-0.05, 0) is 36.8 Å². The molecule has 0 radical (unpaired) electrons. The molecule has 0 saturated carbocycles. The summed E-state index contributed by atoms with van der Waals surface area (Å²) in [5, 5.41) is 11.5. The minimum Gasteiger partial charge on any atom is -0.475 e. The van der Waals surface area contributed by atoms with E-state index in [1.165, 1.54) is 28.8 Å². The van der Waals surface area contributed by atoms with E-state index < -0.39 is 28.2 Å². The summed E-state index contributed by atoms with van der Waals surface area (Å²) >= 11 is 7.19. The third kappa shape index (κ3) is 9.87. The Balaban J connectivity index is 0.000000638. The van der Waals surface area contributed by atoms with Crippen LogP contribution >= 0.6 is 22.9 Å². The molecule has 1 aliphatic heterocycles. The van der Waals surface area contributed by atoms with Gasteiger partial charge in [-0.1, -0.05) is 11.6 Å². The highest BCUT2D eigenvalue weighted by Gasteiger charge is 2.40. The fourth-order valence-corrected chi connectivity index (χ4v) is 5.71. The third-order valence-corrected chi connectivity index (χ3v) is 7.86. The molecule has 0 aromatic carbocycles. The van der Waals surface area contributed by atoms with Gasteiger partial charge in [-0.2, -0.15) is 17.5 Å². The number of rotatable bonds is 11. The van der Waals surface area contributed by atoms with E-state index in [0.717, 1.165) is 16.0 Å². The lowest BCUT2D eigenvalue weighted by Crippen LogP contribution is -2.46. The highest BCUT2D eigenvalue weighted by Crippen LogP contribution is 2.25. The summed E-state index contributed by atoms with van der Waals surface area (Å²) in [7, 11) is -2.32. The molecular weight excluding hydrogens is 573 g/mol. The highest BCUT2D eigenvalue weighted by molar-refractivity contribution is 7.92. The monoisotopic (exact) mass is 598 g/mol. The number of aromatic nitrogens is 1. The van der Waals surface area contributed by atoms with E-state index >= 15 is 0 Å². The number of methoxy groups -OCH3 is 1. The van der Waals surface area contributed by atoms with Gasteiger partial charge in [0.05, 0.1) is 10.9 Å². The van der Waals surface area contributed by atoms with Crippen LogP contribution in [0.25, 0.3) is 6.08 Å². The Morgan fingerprint density at radius 2 is 2.00 bits per heavy atom. The van der Waals surface area contributed by atoms with E-state index in [1.807, 2.05) is 12.1 Å². The van der Waals surface area contributed by atoms with Gasteiger partial charge in [0.25, 0.3) is 0 Å². The second-order valence-electron chi connectivity index (χ2n) is 7.69. The van der Waals surface area contributed by atoms with Crippen molar-refractivity contribution < 1.29 is 41.0 Å². The summed E-state index contributed by atoms with van der Waals surface area (Å²) in [6.07, 6.45) is 0.238. The number of ether oxygens (including phenoxy) is 1. The predicted molar refractivity (Wildman–Crippen MR) is 137 cm³/mol. The predicted octanol–water partition coefficient (Wildman–Crippen LogP) is 3.39. The maximum absolute atomic E-state index is 13.0. The van der Waals surface area contributed by atoms with Gasteiger partial charge in [-0.15, -0.1) is 11.3 Å². The van der Waals surface area contributed by atoms with Crippen LogP contribution in [0, 0.1) is 0 Å². The van der Waals surface area contributed by atoms with Crippen LogP contribution in [0.1, 0.15) is 11.3 Å². The van der Waals surface area contributed by atoms with Crippen molar-refractivity contribution in [1.29, 1.82) is 0 Å². The van der Waals surface area contributed by atoms with Gasteiger partial charge in [0.1, 0.15) is 6.04 Å². The van der Waals surface area contributed by atoms with Gasteiger partial charge in [0.2, 0.25) is 15.9 Å². The van der Waals surface area contributed by atoms with Gasteiger partial charge in [-0.25, -0.2) is 13.2 Å². The van der Waals surface area contributed by atoms with Crippen molar-refractivity contribution in [3.05, 3.63) is 51.3 Å². The minimum absolute atomic E-state index is 0.105. The molecule has 2 aromatic rings. The summed E-state index contributed by atoms with van der Waals surface area (Å²) in [4.78, 5) is 28.3. The number of carbonyl (C=O) groups is 2. The smallest absolute Gasteiger partial charge is 0.475 e. The minimum atomic E-state index is -5.08. The number of alkyl halides is 3. The van der Waals surface area contributed by atoms with Gasteiger partial charge in [0.15, 0.2) is 0 Å². The van der Waals surface area contributed by atoms with E-state index in [2.05, 4.69) is 10.3 Å². The number of thiophene rings is 1. The van der Waals surface area contributed by atoms with Crippen molar-refractivity contribution in [3.63, 3.8) is 0 Å². The fourth-order valence-electron chi connectivity index (χ4n) is 3.31. The van der Waals surface area contributed by atoms with Crippen LogP contribution in [-0.4, -0.2) is 91.7 Å². The summed E-state index contributed by atoms with van der Waals surface area (Å²) in [6, 6.07) is 6.41. The molecule has 1 aliphatic rings. The summed E-state index contributed by atoms with van der Waals surface area (Å²) < 4.78 is 64.7. The molecule has 3 heterocycles. The average molecular weight is 599 g/mol. The zero-order valence-corrected chi connectivity index (χ0v) is 22.5. The van der Waals surface area contributed by atoms with Crippen molar-refractivity contribution in [2.45, 2.75) is 18.6 Å². The van der Waals surface area contributed by atoms with Crippen LogP contribution in [0.4, 0.5) is 18.9 Å². The van der Waals surface area contributed by atoms with Crippen molar-refractivity contribution >= 4 is 56.6 Å². The van der Waals surface area contributed by atoms with Gasteiger partial charge in [-0.3, -0.25) is 9.78 Å². The Morgan fingerprint density at radius 3 is 2.55 bits per heavy atom. The number of carbonyl (C=O) groups excluding carboxylic acids is 1. The first-order chi connectivity index (χ1) is 17.8. The standard InChI is InChI=1S/C20H25ClN4O4S2.C2HF3O2/c1-29-14-13-25(31(27,28)15-7-17-2-3-19(21)30-17)18-6-11-24(20(18)26)12-10-23-16-4-8-22-9-5-16;3-2(4,5)1(6)7/h2-5,7-9,15,18H,6,10-14H2,1H3,(H,22,23);(H,6,7)/b15-7+;. The average Bonchev–Trinajstić information content (AvgIpc) is 3.44. The number of nitrogens with zero attached hydrogens (tertiary/aromatic N) is 3. The fraction of sp³-hybridized carbons (Fsp3) is 0.409. The molecule has 1 fully saturated rings.